The van der Waals surface area contributed by atoms with Gasteiger partial charge in [-0.3, -0.25) is 4.18 Å². The molecule has 0 aromatic heterocycles. The van der Waals surface area contributed by atoms with E-state index in [4.69, 9.17) is 25.3 Å². The van der Waals surface area contributed by atoms with Crippen molar-refractivity contribution in [3.05, 3.63) is 88.9 Å². The van der Waals surface area contributed by atoms with E-state index in [9.17, 15) is 13.2 Å². The van der Waals surface area contributed by atoms with Crippen LogP contribution in [0.5, 0.6) is 5.75 Å². The Kier molecular flexibility index (Phi) is 8.69. The molecule has 1 saturated heterocycles. The molecule has 0 saturated carbocycles. The molecule has 1 amide bonds. The van der Waals surface area contributed by atoms with Gasteiger partial charge in [0.2, 0.25) is 0 Å². The van der Waals surface area contributed by atoms with E-state index in [1.807, 2.05) is 79.7 Å². The van der Waals surface area contributed by atoms with E-state index in [-0.39, 0.29) is 19.1 Å². The van der Waals surface area contributed by atoms with Crippen LogP contribution in [0.4, 0.5) is 4.79 Å². The van der Waals surface area contributed by atoms with E-state index in [0.717, 1.165) is 32.9 Å². The number of carbonyl (C=O) groups is 1. The molecule has 2 unspecified atom stereocenters. The molecule has 1 heterocycles. The maximum Gasteiger partial charge on any atom is 0.407 e. The van der Waals surface area contributed by atoms with Crippen LogP contribution in [0.25, 0.3) is 0 Å². The lowest BCUT2D eigenvalue weighted by atomic mass is 9.78. The lowest BCUT2D eigenvalue weighted by molar-refractivity contribution is 0.140. The van der Waals surface area contributed by atoms with Gasteiger partial charge in [0.05, 0.1) is 12.9 Å². The fourth-order valence-corrected chi connectivity index (χ4v) is 6.02. The van der Waals surface area contributed by atoms with Crippen molar-refractivity contribution in [2.24, 2.45) is 0 Å². The zero-order valence-corrected chi connectivity index (χ0v) is 22.9. The van der Waals surface area contributed by atoms with Crippen LogP contribution in [0.1, 0.15) is 30.4 Å². The lowest BCUT2D eigenvalue weighted by Crippen LogP contribution is -2.53. The first-order valence-electron chi connectivity index (χ1n) is 11.7. The second-order valence-corrected chi connectivity index (χ2v) is 12.0. The van der Waals surface area contributed by atoms with E-state index >= 15 is 0 Å². The average Bonchev–Trinajstić information content (AvgIpc) is 3.25. The van der Waals surface area contributed by atoms with E-state index < -0.39 is 21.8 Å². The van der Waals surface area contributed by atoms with Crippen LogP contribution >= 0.6 is 23.4 Å². The van der Waals surface area contributed by atoms with Crippen LogP contribution in [-0.2, 0) is 25.6 Å². The van der Waals surface area contributed by atoms with Crippen molar-refractivity contribution in [3.63, 3.8) is 0 Å². The summed E-state index contributed by atoms with van der Waals surface area (Å²) in [6.45, 7) is 2.15. The summed E-state index contributed by atoms with van der Waals surface area (Å²) in [5, 5.41) is 3.28. The minimum absolute atomic E-state index is 0.0253. The van der Waals surface area contributed by atoms with Crippen molar-refractivity contribution >= 4 is 39.6 Å². The van der Waals surface area contributed by atoms with Crippen molar-refractivity contribution in [2.45, 2.75) is 41.2 Å². The summed E-state index contributed by atoms with van der Waals surface area (Å²) in [7, 11) is -3.72. The van der Waals surface area contributed by atoms with Gasteiger partial charge in [-0.25, -0.2) is 4.79 Å². The molecule has 3 aromatic rings. The van der Waals surface area contributed by atoms with Crippen molar-refractivity contribution in [2.75, 3.05) is 19.5 Å². The monoisotopic (exact) mass is 561 g/mol. The fraction of sp³-hybridized carbons (Fsp3) is 0.296. The maximum absolute atomic E-state index is 11.9. The molecule has 0 aliphatic carbocycles. The standard InChI is InChI=1S/C27H28ClNO6S2/c1-3-24(27(17-34-26(30)29-27)18-35-37(2,31)32)23-13-12-22(15-25(23)28)36-21-11-7-10-20(14-21)33-16-19-8-5-4-6-9-19/h4-15,24H,3,16-18H2,1-2H3,(H,29,30). The van der Waals surface area contributed by atoms with Crippen molar-refractivity contribution in [1.29, 1.82) is 0 Å². The molecule has 7 nitrogen and oxygen atoms in total. The number of hydrogen-bond acceptors (Lipinski definition) is 7. The van der Waals surface area contributed by atoms with Gasteiger partial charge in [0.1, 0.15) is 24.5 Å². The van der Waals surface area contributed by atoms with Gasteiger partial charge in [-0.15, -0.1) is 0 Å². The lowest BCUT2D eigenvalue weighted by Gasteiger charge is -2.35. The molecule has 1 N–H and O–H groups in total. The van der Waals surface area contributed by atoms with Gasteiger partial charge in [-0.1, -0.05) is 72.8 Å². The average molecular weight is 562 g/mol. The largest absolute Gasteiger partial charge is 0.489 e. The second-order valence-electron chi connectivity index (χ2n) is 8.82. The first-order valence-corrected chi connectivity index (χ1v) is 14.7. The first kappa shape index (κ1) is 27.3. The Morgan fingerprint density at radius 1 is 1.08 bits per heavy atom. The predicted molar refractivity (Wildman–Crippen MR) is 144 cm³/mol. The molecule has 37 heavy (non-hydrogen) atoms. The summed E-state index contributed by atoms with van der Waals surface area (Å²) in [4.78, 5) is 13.9. The third-order valence-corrected chi connectivity index (χ3v) is 7.91. The number of nitrogens with one attached hydrogen (secondary N) is 1. The number of rotatable bonds is 11. The van der Waals surface area contributed by atoms with E-state index in [1.54, 1.807) is 11.8 Å². The summed E-state index contributed by atoms with van der Waals surface area (Å²) >= 11 is 8.28. The van der Waals surface area contributed by atoms with Gasteiger partial charge < -0.3 is 14.8 Å². The highest BCUT2D eigenvalue weighted by molar-refractivity contribution is 7.99. The summed E-state index contributed by atoms with van der Waals surface area (Å²) in [5.41, 5.74) is 0.811. The number of halogens is 1. The molecular formula is C27H28ClNO6S2. The van der Waals surface area contributed by atoms with E-state index in [2.05, 4.69) is 5.32 Å². The number of hydrogen-bond donors (Lipinski definition) is 1. The molecule has 1 fully saturated rings. The van der Waals surface area contributed by atoms with Gasteiger partial charge in [-0.05, 0) is 47.9 Å². The zero-order chi connectivity index (χ0) is 26.5. The molecule has 196 valence electrons. The quantitative estimate of drug-likeness (QED) is 0.286. The molecule has 4 rings (SSSR count). The van der Waals surface area contributed by atoms with Crippen LogP contribution in [-0.4, -0.2) is 39.5 Å². The fourth-order valence-electron chi connectivity index (χ4n) is 4.31. The molecule has 1 aliphatic heterocycles. The Labute approximate surface area is 226 Å². The Morgan fingerprint density at radius 2 is 1.84 bits per heavy atom. The van der Waals surface area contributed by atoms with Crippen LogP contribution in [0, 0.1) is 0 Å². The maximum atomic E-state index is 11.9. The smallest absolute Gasteiger partial charge is 0.407 e. The zero-order valence-electron chi connectivity index (χ0n) is 20.5. The van der Waals surface area contributed by atoms with Gasteiger partial charge in [0.15, 0.2) is 0 Å². The van der Waals surface area contributed by atoms with E-state index in [1.165, 1.54) is 0 Å². The van der Waals surface area contributed by atoms with Gasteiger partial charge in [0, 0.05) is 20.7 Å². The minimum Gasteiger partial charge on any atom is -0.489 e. The molecule has 3 aromatic carbocycles. The van der Waals surface area contributed by atoms with Crippen molar-refractivity contribution in [3.8, 4) is 5.75 Å². The number of alkyl carbamates (subject to hydrolysis) is 1. The Hall–Kier alpha value is -2.72. The number of ether oxygens (including phenoxy) is 2. The van der Waals surface area contributed by atoms with Crippen LogP contribution in [0.2, 0.25) is 5.02 Å². The highest BCUT2D eigenvalue weighted by atomic mass is 35.5. The number of cyclic esters (lactones) is 1. The molecule has 2 atom stereocenters. The van der Waals surface area contributed by atoms with Crippen LogP contribution < -0.4 is 10.1 Å². The molecule has 0 bridgehead atoms. The number of benzene rings is 3. The third-order valence-electron chi connectivity index (χ3n) is 6.05. The Bertz CT molecular complexity index is 1350. The number of amides is 1. The van der Waals surface area contributed by atoms with Crippen LogP contribution in [0.15, 0.2) is 82.6 Å². The van der Waals surface area contributed by atoms with Gasteiger partial charge >= 0.3 is 6.09 Å². The molecule has 0 spiro atoms. The molecule has 1 aliphatic rings. The predicted octanol–water partition coefficient (Wildman–Crippen LogP) is 6.02. The third kappa shape index (κ3) is 7.19. The summed E-state index contributed by atoms with van der Waals surface area (Å²) in [6, 6.07) is 23.5. The second kappa shape index (κ2) is 11.8. The normalized spacial score (nSPS) is 18.2. The summed E-state index contributed by atoms with van der Waals surface area (Å²) in [6.07, 6.45) is 0.928. The highest BCUT2D eigenvalue weighted by Crippen LogP contribution is 2.41. The SMILES string of the molecule is CCC(c1ccc(Sc2cccc(OCc3ccccc3)c2)cc1Cl)C1(COS(C)(=O)=O)COC(=O)N1. The van der Waals surface area contributed by atoms with Crippen molar-refractivity contribution < 1.29 is 26.9 Å². The highest BCUT2D eigenvalue weighted by Gasteiger charge is 2.47. The topological polar surface area (TPSA) is 90.9 Å². The number of carbonyl (C=O) groups excluding carboxylic acids is 1. The molecule has 0 radical (unpaired) electrons. The van der Waals surface area contributed by atoms with Crippen LogP contribution in [0.3, 0.4) is 0 Å². The molecule has 10 heteroatoms. The molecular weight excluding hydrogens is 534 g/mol. The summed E-state index contributed by atoms with van der Waals surface area (Å²) < 4.78 is 39.5. The van der Waals surface area contributed by atoms with E-state index in [0.29, 0.717) is 18.1 Å². The Balaban J connectivity index is 1.50. The first-order chi connectivity index (χ1) is 17.7. The summed E-state index contributed by atoms with van der Waals surface area (Å²) in [5.74, 6) is 0.439. The van der Waals surface area contributed by atoms with Gasteiger partial charge in [0.25, 0.3) is 10.1 Å². The minimum atomic E-state index is -3.72. The van der Waals surface area contributed by atoms with Gasteiger partial charge in [-0.2, -0.15) is 8.42 Å². The van der Waals surface area contributed by atoms with Crippen molar-refractivity contribution in [1.82, 2.24) is 5.32 Å². The Morgan fingerprint density at radius 3 is 2.49 bits per heavy atom.